The number of rotatable bonds is 1. The number of aryl methyl sites for hydroxylation is 1. The first-order chi connectivity index (χ1) is 9.72. The average molecular weight is 278 g/mol. The topological polar surface area (TPSA) is 0 Å². The summed E-state index contributed by atoms with van der Waals surface area (Å²) < 4.78 is 0. The van der Waals surface area contributed by atoms with Crippen LogP contribution >= 0.6 is 12.6 Å². The van der Waals surface area contributed by atoms with Gasteiger partial charge in [0, 0.05) is 10.3 Å². The Bertz CT molecular complexity index is 694. The van der Waals surface area contributed by atoms with Crippen LogP contribution in [0.1, 0.15) is 11.1 Å². The molecule has 0 radical (unpaired) electrons. The van der Waals surface area contributed by atoms with E-state index in [1.165, 1.54) is 16.3 Å². The molecule has 0 bridgehead atoms. The Labute approximate surface area is 126 Å². The Balaban J connectivity index is 0.000000178. The van der Waals surface area contributed by atoms with Gasteiger partial charge in [-0.3, -0.25) is 0 Å². The van der Waals surface area contributed by atoms with E-state index in [1.54, 1.807) is 0 Å². The van der Waals surface area contributed by atoms with Crippen LogP contribution in [0.25, 0.3) is 16.8 Å². The fourth-order valence-electron chi connectivity index (χ4n) is 2.05. The second-order valence-electron chi connectivity index (χ2n) is 4.58. The van der Waals surface area contributed by atoms with Crippen molar-refractivity contribution in [2.75, 3.05) is 0 Å². The molecule has 0 nitrogen and oxygen atoms in total. The highest BCUT2D eigenvalue weighted by Gasteiger charge is 1.99. The summed E-state index contributed by atoms with van der Waals surface area (Å²) in [6.45, 7) is 5.87. The molecule has 0 fully saturated rings. The summed E-state index contributed by atoms with van der Waals surface area (Å²) in [4.78, 5) is 1.01. The van der Waals surface area contributed by atoms with Crippen LogP contribution in [-0.2, 0) is 0 Å². The molecule has 0 aliphatic carbocycles. The summed E-state index contributed by atoms with van der Waals surface area (Å²) in [6.07, 6.45) is 1.86. The van der Waals surface area contributed by atoms with Crippen LogP contribution in [-0.4, -0.2) is 0 Å². The van der Waals surface area contributed by atoms with E-state index in [0.29, 0.717) is 0 Å². The standard InChI is InChI=1S/C12H10S.C7H8/c1-2-9-5-3-6-10-7-4-8-11(13)12(9)10;1-7-5-3-2-4-6-7/h2-8,13H,1H2;2-6H,1H3. The van der Waals surface area contributed by atoms with Crippen molar-refractivity contribution in [3.05, 3.63) is 84.4 Å². The number of fused-ring (bicyclic) bond motifs is 1. The van der Waals surface area contributed by atoms with Crippen molar-refractivity contribution in [3.8, 4) is 0 Å². The number of hydrogen-bond donors (Lipinski definition) is 1. The highest BCUT2D eigenvalue weighted by atomic mass is 32.1. The summed E-state index contributed by atoms with van der Waals surface area (Å²) >= 11 is 4.43. The van der Waals surface area contributed by atoms with Crippen LogP contribution in [0, 0.1) is 6.92 Å². The van der Waals surface area contributed by atoms with Gasteiger partial charge in [0.15, 0.2) is 0 Å². The monoisotopic (exact) mass is 278 g/mol. The molecule has 0 unspecified atom stereocenters. The highest BCUT2D eigenvalue weighted by Crippen LogP contribution is 2.25. The van der Waals surface area contributed by atoms with Gasteiger partial charge in [-0.15, -0.1) is 12.6 Å². The molecule has 3 rings (SSSR count). The first-order valence-corrected chi connectivity index (χ1v) is 7.02. The van der Waals surface area contributed by atoms with E-state index in [1.807, 2.05) is 42.5 Å². The van der Waals surface area contributed by atoms with Crippen LogP contribution in [0.5, 0.6) is 0 Å². The van der Waals surface area contributed by atoms with Crippen LogP contribution < -0.4 is 0 Å². The van der Waals surface area contributed by atoms with Crippen LogP contribution in [0.15, 0.2) is 78.2 Å². The van der Waals surface area contributed by atoms with Crippen molar-refractivity contribution in [2.24, 2.45) is 0 Å². The van der Waals surface area contributed by atoms with Gasteiger partial charge in [-0.1, -0.05) is 78.9 Å². The third kappa shape index (κ3) is 3.52. The average Bonchev–Trinajstić information content (AvgIpc) is 2.48. The summed E-state index contributed by atoms with van der Waals surface area (Å²) in [5, 5.41) is 2.40. The first-order valence-electron chi connectivity index (χ1n) is 6.57. The lowest BCUT2D eigenvalue weighted by Gasteiger charge is -2.04. The van der Waals surface area contributed by atoms with Gasteiger partial charge in [-0.2, -0.15) is 0 Å². The molecule has 0 saturated heterocycles. The Kier molecular flexibility index (Phi) is 5.03. The van der Waals surface area contributed by atoms with Gasteiger partial charge in [0.25, 0.3) is 0 Å². The predicted molar refractivity (Wildman–Crippen MR) is 92.5 cm³/mol. The van der Waals surface area contributed by atoms with E-state index in [9.17, 15) is 0 Å². The lowest BCUT2D eigenvalue weighted by atomic mass is 10.0. The largest absolute Gasteiger partial charge is 0.143 e. The minimum Gasteiger partial charge on any atom is -0.143 e. The summed E-state index contributed by atoms with van der Waals surface area (Å²) in [5.41, 5.74) is 2.46. The SMILES string of the molecule is C=Cc1cccc2cccc(S)c12.Cc1ccccc1. The Hall–Kier alpha value is -1.99. The van der Waals surface area contributed by atoms with Gasteiger partial charge < -0.3 is 0 Å². The van der Waals surface area contributed by atoms with Crippen LogP contribution in [0.4, 0.5) is 0 Å². The molecule has 3 aromatic rings. The molecule has 0 heterocycles. The molecule has 0 saturated carbocycles. The maximum absolute atomic E-state index is 4.43. The fraction of sp³-hybridized carbons (Fsp3) is 0.0526. The van der Waals surface area contributed by atoms with E-state index in [4.69, 9.17) is 0 Å². The number of benzene rings is 3. The highest BCUT2D eigenvalue weighted by molar-refractivity contribution is 7.80. The molecule has 0 aliphatic rings. The maximum Gasteiger partial charge on any atom is 0.0125 e. The van der Waals surface area contributed by atoms with Gasteiger partial charge >= 0.3 is 0 Å². The molecule has 0 spiro atoms. The lowest BCUT2D eigenvalue weighted by Crippen LogP contribution is -1.79. The number of thiol groups is 1. The maximum atomic E-state index is 4.43. The molecule has 1 heteroatoms. The molecule has 0 aromatic heterocycles. The number of hydrogen-bond acceptors (Lipinski definition) is 1. The van der Waals surface area contributed by atoms with Crippen molar-refractivity contribution in [1.29, 1.82) is 0 Å². The van der Waals surface area contributed by atoms with Crippen molar-refractivity contribution < 1.29 is 0 Å². The molecule has 100 valence electrons. The molecule has 3 aromatic carbocycles. The van der Waals surface area contributed by atoms with Crippen LogP contribution in [0.2, 0.25) is 0 Å². The van der Waals surface area contributed by atoms with E-state index in [0.717, 1.165) is 10.5 Å². The minimum absolute atomic E-state index is 1.01. The molecule has 0 N–H and O–H groups in total. The molecule has 0 amide bonds. The third-order valence-electron chi connectivity index (χ3n) is 3.08. The van der Waals surface area contributed by atoms with Crippen molar-refractivity contribution in [1.82, 2.24) is 0 Å². The van der Waals surface area contributed by atoms with Gasteiger partial charge in [-0.05, 0) is 23.9 Å². The van der Waals surface area contributed by atoms with Gasteiger partial charge in [-0.25, -0.2) is 0 Å². The molecule has 0 aliphatic heterocycles. The van der Waals surface area contributed by atoms with E-state index in [-0.39, 0.29) is 0 Å². The Morgan fingerprint density at radius 1 is 0.850 bits per heavy atom. The zero-order chi connectivity index (χ0) is 14.4. The lowest BCUT2D eigenvalue weighted by molar-refractivity contribution is 1.48. The van der Waals surface area contributed by atoms with Gasteiger partial charge in [0.1, 0.15) is 0 Å². The van der Waals surface area contributed by atoms with Crippen molar-refractivity contribution in [3.63, 3.8) is 0 Å². The van der Waals surface area contributed by atoms with Gasteiger partial charge in [0.05, 0.1) is 0 Å². The van der Waals surface area contributed by atoms with E-state index >= 15 is 0 Å². The summed E-state index contributed by atoms with van der Waals surface area (Å²) in [6, 6.07) is 22.5. The van der Waals surface area contributed by atoms with Gasteiger partial charge in [0.2, 0.25) is 0 Å². The summed E-state index contributed by atoms with van der Waals surface area (Å²) in [5.74, 6) is 0. The second kappa shape index (κ2) is 6.97. The van der Waals surface area contributed by atoms with E-state index in [2.05, 4.69) is 56.5 Å². The predicted octanol–water partition coefficient (Wildman–Crippen LogP) is 5.77. The first kappa shape index (κ1) is 14.4. The quantitative estimate of drug-likeness (QED) is 0.537. The van der Waals surface area contributed by atoms with E-state index < -0.39 is 0 Å². The zero-order valence-electron chi connectivity index (χ0n) is 11.6. The Morgan fingerprint density at radius 2 is 1.50 bits per heavy atom. The third-order valence-corrected chi connectivity index (χ3v) is 3.45. The molecular weight excluding hydrogens is 260 g/mol. The van der Waals surface area contributed by atoms with Crippen LogP contribution in [0.3, 0.4) is 0 Å². The molecular formula is C19H18S. The normalized spacial score (nSPS) is 9.70. The second-order valence-corrected chi connectivity index (χ2v) is 5.06. The van der Waals surface area contributed by atoms with Crippen molar-refractivity contribution >= 4 is 29.5 Å². The Morgan fingerprint density at radius 3 is 2.05 bits per heavy atom. The minimum atomic E-state index is 1.01. The summed E-state index contributed by atoms with van der Waals surface area (Å²) in [7, 11) is 0. The molecule has 20 heavy (non-hydrogen) atoms. The molecule has 0 atom stereocenters. The zero-order valence-corrected chi connectivity index (χ0v) is 12.5. The van der Waals surface area contributed by atoms with Crippen molar-refractivity contribution in [2.45, 2.75) is 11.8 Å². The fourth-order valence-corrected chi connectivity index (χ4v) is 2.40. The smallest absolute Gasteiger partial charge is 0.0125 e.